The zero-order chi connectivity index (χ0) is 25.7. The first-order valence-corrected chi connectivity index (χ1v) is 14.0. The molecule has 0 heterocycles. The summed E-state index contributed by atoms with van der Waals surface area (Å²) in [6, 6.07) is 5.07. The molecule has 4 aliphatic rings. The van der Waals surface area contributed by atoms with E-state index in [0.717, 1.165) is 44.9 Å². The highest BCUT2D eigenvalue weighted by Gasteiger charge is 2.58. The van der Waals surface area contributed by atoms with Gasteiger partial charge in [-0.3, -0.25) is 14.4 Å². The molecule has 0 radical (unpaired) electrons. The maximum absolute atomic E-state index is 12.8. The van der Waals surface area contributed by atoms with Gasteiger partial charge in [0.15, 0.2) is 0 Å². The number of esters is 1. The van der Waals surface area contributed by atoms with E-state index in [1.165, 1.54) is 12.5 Å². The molecule has 1 amide bonds. The van der Waals surface area contributed by atoms with Gasteiger partial charge in [0.05, 0.1) is 15.6 Å². The second-order valence-corrected chi connectivity index (χ2v) is 12.4. The maximum Gasteiger partial charge on any atom is 0.302 e. The Labute approximate surface area is 223 Å². The fourth-order valence-electron chi connectivity index (χ4n) is 8.15. The van der Waals surface area contributed by atoms with E-state index in [2.05, 4.69) is 18.3 Å². The Morgan fingerprint density at radius 1 is 1.14 bits per heavy atom. The van der Waals surface area contributed by atoms with Crippen LogP contribution in [-0.2, 0) is 14.3 Å². The lowest BCUT2D eigenvalue weighted by Gasteiger charge is -2.57. The number of ether oxygens (including phenoxy) is 1. The molecule has 5 nitrogen and oxygen atoms in total. The van der Waals surface area contributed by atoms with Gasteiger partial charge in [0.25, 0.3) is 5.91 Å². The van der Waals surface area contributed by atoms with Gasteiger partial charge in [-0.2, -0.15) is 0 Å². The lowest BCUT2D eigenvalue weighted by Crippen LogP contribution is -2.50. The standard InChI is InChI=1S/C29H35Cl2NO4/c1-17(33)36-20-8-10-28(2)18(14-20)6-7-21-23(28)9-11-29(16-19(34)15-24(21)29)12-13-32-27(35)22-4-3-5-25(30)26(22)31/h3-6,20-21,23-24H,7-16H2,1-2H3,(H,32,35)/t20-,21+,23-,24-,28-,29-/m0/s1. The van der Waals surface area contributed by atoms with Gasteiger partial charge in [-0.25, -0.2) is 0 Å². The van der Waals surface area contributed by atoms with Crippen LogP contribution in [0, 0.1) is 28.6 Å². The van der Waals surface area contributed by atoms with Crippen LogP contribution >= 0.6 is 23.2 Å². The van der Waals surface area contributed by atoms with Gasteiger partial charge in [0.1, 0.15) is 11.9 Å². The highest BCUT2D eigenvalue weighted by molar-refractivity contribution is 6.43. The number of carbonyl (C=O) groups is 3. The molecule has 1 aromatic rings. The van der Waals surface area contributed by atoms with Crippen LogP contribution in [0.3, 0.4) is 0 Å². The minimum Gasteiger partial charge on any atom is -0.462 e. The third kappa shape index (κ3) is 4.51. The number of amides is 1. The van der Waals surface area contributed by atoms with Crippen molar-refractivity contribution in [1.82, 2.24) is 5.32 Å². The topological polar surface area (TPSA) is 72.5 Å². The van der Waals surface area contributed by atoms with Crippen molar-refractivity contribution < 1.29 is 19.1 Å². The summed E-state index contributed by atoms with van der Waals surface area (Å²) in [5.74, 6) is 1.34. The molecule has 1 N–H and O–H groups in total. The van der Waals surface area contributed by atoms with Crippen molar-refractivity contribution in [2.24, 2.45) is 28.6 Å². The fraction of sp³-hybridized carbons (Fsp3) is 0.621. The van der Waals surface area contributed by atoms with Crippen molar-refractivity contribution in [1.29, 1.82) is 0 Å². The number of halogens is 2. The summed E-state index contributed by atoms with van der Waals surface area (Å²) in [5.41, 5.74) is 1.91. The molecule has 0 bridgehead atoms. The molecule has 36 heavy (non-hydrogen) atoms. The number of hydrogen-bond donors (Lipinski definition) is 1. The van der Waals surface area contributed by atoms with E-state index in [1.54, 1.807) is 18.2 Å². The molecule has 5 rings (SSSR count). The molecular weight excluding hydrogens is 497 g/mol. The molecule has 194 valence electrons. The Kier molecular flexibility index (Phi) is 7.01. The van der Waals surface area contributed by atoms with Gasteiger partial charge in [0, 0.05) is 32.7 Å². The molecule has 3 fully saturated rings. The largest absolute Gasteiger partial charge is 0.462 e. The third-order valence-corrected chi connectivity index (χ3v) is 10.6. The van der Waals surface area contributed by atoms with Crippen LogP contribution in [0.1, 0.15) is 82.0 Å². The van der Waals surface area contributed by atoms with E-state index >= 15 is 0 Å². The number of benzene rings is 1. The van der Waals surface area contributed by atoms with Crippen LogP contribution in [0.25, 0.3) is 0 Å². The van der Waals surface area contributed by atoms with Gasteiger partial charge in [0.2, 0.25) is 0 Å². The normalized spacial score (nSPS) is 35.2. The average Bonchev–Trinajstić information content (AvgIpc) is 3.17. The van der Waals surface area contributed by atoms with Crippen LogP contribution in [-0.4, -0.2) is 30.3 Å². The minimum atomic E-state index is -0.226. The van der Waals surface area contributed by atoms with Crippen molar-refractivity contribution in [2.45, 2.75) is 77.7 Å². The number of hydrogen-bond acceptors (Lipinski definition) is 4. The van der Waals surface area contributed by atoms with E-state index in [4.69, 9.17) is 27.9 Å². The summed E-state index contributed by atoms with van der Waals surface area (Å²) in [4.78, 5) is 37.1. The molecule has 3 saturated carbocycles. The number of Topliss-reactive ketones (excluding diaryl/α,β-unsaturated/α-hetero) is 1. The Morgan fingerprint density at radius 3 is 2.72 bits per heavy atom. The van der Waals surface area contributed by atoms with Crippen molar-refractivity contribution in [3.63, 3.8) is 0 Å². The van der Waals surface area contributed by atoms with Crippen molar-refractivity contribution in [3.8, 4) is 0 Å². The molecule has 0 aliphatic heterocycles. The predicted octanol–water partition coefficient (Wildman–Crippen LogP) is 6.56. The summed E-state index contributed by atoms with van der Waals surface area (Å²) in [6.07, 6.45) is 10.4. The molecule has 7 heteroatoms. The van der Waals surface area contributed by atoms with Crippen LogP contribution in [0.2, 0.25) is 10.0 Å². The minimum absolute atomic E-state index is 0.00859. The molecule has 0 aromatic heterocycles. The second kappa shape index (κ2) is 9.79. The Hall–Kier alpha value is -1.85. The van der Waals surface area contributed by atoms with E-state index in [1.807, 2.05) is 0 Å². The second-order valence-electron chi connectivity index (χ2n) is 11.7. The van der Waals surface area contributed by atoms with Crippen LogP contribution in [0.15, 0.2) is 29.8 Å². The maximum atomic E-state index is 12.8. The lowest BCUT2D eigenvalue weighted by molar-refractivity contribution is -0.148. The summed E-state index contributed by atoms with van der Waals surface area (Å²) >= 11 is 12.3. The first-order chi connectivity index (χ1) is 17.1. The summed E-state index contributed by atoms with van der Waals surface area (Å²) in [6.45, 7) is 4.41. The number of ketones is 1. The van der Waals surface area contributed by atoms with Crippen LogP contribution in [0.5, 0.6) is 0 Å². The quantitative estimate of drug-likeness (QED) is 0.345. The van der Waals surface area contributed by atoms with Crippen molar-refractivity contribution in [2.75, 3.05) is 6.54 Å². The molecular formula is C29H35Cl2NO4. The summed E-state index contributed by atoms with van der Waals surface area (Å²) in [7, 11) is 0. The molecule has 0 spiro atoms. The van der Waals surface area contributed by atoms with E-state index in [9.17, 15) is 14.4 Å². The van der Waals surface area contributed by atoms with Crippen LogP contribution in [0.4, 0.5) is 0 Å². The monoisotopic (exact) mass is 531 g/mol. The van der Waals surface area contributed by atoms with Gasteiger partial charge >= 0.3 is 5.97 Å². The van der Waals surface area contributed by atoms with Crippen molar-refractivity contribution in [3.05, 3.63) is 45.5 Å². The number of allylic oxidation sites excluding steroid dienone is 1. The van der Waals surface area contributed by atoms with Gasteiger partial charge < -0.3 is 10.1 Å². The fourth-order valence-corrected chi connectivity index (χ4v) is 8.53. The van der Waals surface area contributed by atoms with E-state index in [-0.39, 0.29) is 33.8 Å². The molecule has 1 aromatic carbocycles. The lowest BCUT2D eigenvalue weighted by atomic mass is 9.47. The van der Waals surface area contributed by atoms with Crippen LogP contribution < -0.4 is 5.32 Å². The highest BCUT2D eigenvalue weighted by Crippen LogP contribution is 2.65. The zero-order valence-electron chi connectivity index (χ0n) is 21.1. The highest BCUT2D eigenvalue weighted by atomic mass is 35.5. The van der Waals surface area contributed by atoms with E-state index < -0.39 is 0 Å². The average molecular weight is 533 g/mol. The predicted molar refractivity (Wildman–Crippen MR) is 140 cm³/mol. The summed E-state index contributed by atoms with van der Waals surface area (Å²) in [5, 5.41) is 3.67. The van der Waals surface area contributed by atoms with Gasteiger partial charge in [-0.05, 0) is 79.2 Å². The first kappa shape index (κ1) is 25.8. The van der Waals surface area contributed by atoms with Gasteiger partial charge in [-0.1, -0.05) is 47.8 Å². The van der Waals surface area contributed by atoms with Gasteiger partial charge in [-0.15, -0.1) is 0 Å². The molecule has 4 aliphatic carbocycles. The van der Waals surface area contributed by atoms with E-state index in [0.29, 0.717) is 53.5 Å². The molecule has 6 atom stereocenters. The Balaban J connectivity index is 1.29. The third-order valence-electron chi connectivity index (χ3n) is 9.83. The van der Waals surface area contributed by atoms with Crippen molar-refractivity contribution >= 4 is 40.9 Å². The smallest absolute Gasteiger partial charge is 0.302 e. The SMILES string of the molecule is CC(=O)O[C@H]1CC[C@@]2(C)C(=CC[C@H]3[C@@H]4CC(=O)C[C@@]4(CCNC(=O)c4cccc(Cl)c4Cl)CC[C@@H]32)C1. The number of carbonyl (C=O) groups excluding carboxylic acids is 3. The summed E-state index contributed by atoms with van der Waals surface area (Å²) < 4.78 is 5.56. The molecule has 0 saturated heterocycles. The number of nitrogens with one attached hydrogen (secondary N) is 1. The Bertz CT molecular complexity index is 1120. The first-order valence-electron chi connectivity index (χ1n) is 13.2. The number of rotatable bonds is 5. The number of fused-ring (bicyclic) bond motifs is 5. The Morgan fingerprint density at radius 2 is 1.94 bits per heavy atom. The molecule has 0 unspecified atom stereocenters. The zero-order valence-corrected chi connectivity index (χ0v) is 22.6.